The molecular weight excluding hydrogens is 290 g/mol. The summed E-state index contributed by atoms with van der Waals surface area (Å²) in [5.74, 6) is 0.348. The van der Waals surface area contributed by atoms with Crippen molar-refractivity contribution in [1.82, 2.24) is 20.6 Å². The second-order valence-electron chi connectivity index (χ2n) is 5.00. The summed E-state index contributed by atoms with van der Waals surface area (Å²) in [7, 11) is 0. The highest BCUT2D eigenvalue weighted by atomic mass is 16.1. The molecule has 6 nitrogen and oxygen atoms in total. The van der Waals surface area contributed by atoms with E-state index in [1.807, 2.05) is 49.4 Å². The van der Waals surface area contributed by atoms with Crippen LogP contribution in [0.2, 0.25) is 0 Å². The zero-order valence-electron chi connectivity index (χ0n) is 12.5. The van der Waals surface area contributed by atoms with Crippen LogP contribution in [0, 0.1) is 0 Å². The molecule has 3 rings (SSSR count). The van der Waals surface area contributed by atoms with E-state index >= 15 is 0 Å². The van der Waals surface area contributed by atoms with Gasteiger partial charge in [0, 0.05) is 17.3 Å². The Kier molecular flexibility index (Phi) is 4.24. The van der Waals surface area contributed by atoms with Crippen LogP contribution in [0.25, 0.3) is 17.0 Å². The number of aromatic nitrogens is 4. The van der Waals surface area contributed by atoms with Gasteiger partial charge < -0.3 is 5.32 Å². The molecule has 0 aliphatic carbocycles. The highest BCUT2D eigenvalue weighted by Gasteiger charge is 2.04. The lowest BCUT2D eigenvalue weighted by molar-refractivity contribution is -0.111. The maximum absolute atomic E-state index is 12.1. The summed E-state index contributed by atoms with van der Waals surface area (Å²) < 4.78 is 0. The Balaban J connectivity index is 1.68. The quantitative estimate of drug-likeness (QED) is 0.726. The lowest BCUT2D eigenvalue weighted by Gasteiger charge is -2.05. The van der Waals surface area contributed by atoms with Gasteiger partial charge in [0.05, 0.1) is 0 Å². The fourth-order valence-corrected chi connectivity index (χ4v) is 2.15. The first-order valence-corrected chi connectivity index (χ1v) is 7.11. The van der Waals surface area contributed by atoms with Crippen molar-refractivity contribution in [3.63, 3.8) is 0 Å². The Morgan fingerprint density at radius 1 is 1.09 bits per heavy atom. The van der Waals surface area contributed by atoms with E-state index in [0.29, 0.717) is 11.5 Å². The van der Waals surface area contributed by atoms with Gasteiger partial charge in [-0.3, -0.25) is 4.79 Å². The van der Waals surface area contributed by atoms with Crippen molar-refractivity contribution in [2.45, 2.75) is 6.92 Å². The zero-order valence-corrected chi connectivity index (χ0v) is 12.5. The molecule has 0 fully saturated rings. The molecule has 114 valence electrons. The molecule has 0 spiro atoms. The van der Waals surface area contributed by atoms with Crippen molar-refractivity contribution in [3.8, 4) is 11.4 Å². The summed E-state index contributed by atoms with van der Waals surface area (Å²) in [5, 5.41) is 16.6. The van der Waals surface area contributed by atoms with Crippen LogP contribution in [0.3, 0.4) is 0 Å². The van der Waals surface area contributed by atoms with Crippen molar-refractivity contribution in [2.75, 3.05) is 5.32 Å². The van der Waals surface area contributed by atoms with Gasteiger partial charge in [0.1, 0.15) is 0 Å². The fourth-order valence-electron chi connectivity index (χ4n) is 2.15. The molecule has 1 amide bonds. The van der Waals surface area contributed by atoms with Crippen molar-refractivity contribution in [3.05, 3.63) is 66.2 Å². The molecule has 0 saturated heterocycles. The normalized spacial score (nSPS) is 11.3. The Labute approximate surface area is 133 Å². The molecule has 1 heterocycles. The highest BCUT2D eigenvalue weighted by Crippen LogP contribution is 2.17. The maximum Gasteiger partial charge on any atom is 0.248 e. The van der Waals surface area contributed by atoms with Crippen LogP contribution in [-0.2, 0) is 4.79 Å². The fraction of sp³-hybridized carbons (Fsp3) is 0.0588. The summed E-state index contributed by atoms with van der Waals surface area (Å²) in [6, 6.07) is 17.0. The Hall–Kier alpha value is -3.28. The standard InChI is InChI=1S/C17H15N5O/c1-12(13-5-3-2-4-6-13)11-16(23)18-15-9-7-14(8-10-15)17-19-21-22-20-17/h2-11H,1H3,(H,18,23)(H,19,20,21,22)/b12-11+. The van der Waals surface area contributed by atoms with Crippen LogP contribution in [0.1, 0.15) is 12.5 Å². The molecule has 0 unspecified atom stereocenters. The van der Waals surface area contributed by atoms with E-state index in [2.05, 4.69) is 25.9 Å². The number of rotatable bonds is 4. The topological polar surface area (TPSA) is 83.6 Å². The summed E-state index contributed by atoms with van der Waals surface area (Å²) in [6.45, 7) is 1.91. The Morgan fingerprint density at radius 2 is 1.83 bits per heavy atom. The first-order chi connectivity index (χ1) is 11.2. The van der Waals surface area contributed by atoms with Crippen LogP contribution in [-0.4, -0.2) is 26.5 Å². The van der Waals surface area contributed by atoms with Gasteiger partial charge in [0.25, 0.3) is 0 Å². The van der Waals surface area contributed by atoms with Crippen molar-refractivity contribution in [1.29, 1.82) is 0 Å². The lowest BCUT2D eigenvalue weighted by Crippen LogP contribution is -2.08. The maximum atomic E-state index is 12.1. The second kappa shape index (κ2) is 6.65. The minimum Gasteiger partial charge on any atom is -0.323 e. The molecular formula is C17H15N5O. The Bertz CT molecular complexity index is 808. The first-order valence-electron chi connectivity index (χ1n) is 7.11. The molecule has 2 N–H and O–H groups in total. The van der Waals surface area contributed by atoms with Gasteiger partial charge in [-0.25, -0.2) is 0 Å². The smallest absolute Gasteiger partial charge is 0.248 e. The van der Waals surface area contributed by atoms with Gasteiger partial charge in [-0.1, -0.05) is 30.3 Å². The molecule has 0 atom stereocenters. The van der Waals surface area contributed by atoms with Gasteiger partial charge in [0.2, 0.25) is 11.7 Å². The number of tetrazole rings is 1. The van der Waals surface area contributed by atoms with Gasteiger partial charge in [-0.15, -0.1) is 10.2 Å². The largest absolute Gasteiger partial charge is 0.323 e. The van der Waals surface area contributed by atoms with Gasteiger partial charge in [-0.05, 0) is 47.5 Å². The van der Waals surface area contributed by atoms with E-state index < -0.39 is 0 Å². The number of allylic oxidation sites excluding steroid dienone is 1. The number of nitrogens with one attached hydrogen (secondary N) is 2. The van der Waals surface area contributed by atoms with Crippen molar-refractivity contribution >= 4 is 17.2 Å². The summed E-state index contributed by atoms with van der Waals surface area (Å²) >= 11 is 0. The molecule has 0 aliphatic heterocycles. The van der Waals surface area contributed by atoms with Crippen molar-refractivity contribution in [2.24, 2.45) is 0 Å². The van der Waals surface area contributed by atoms with Crippen LogP contribution in [0.5, 0.6) is 0 Å². The average molecular weight is 305 g/mol. The van der Waals surface area contributed by atoms with E-state index in [0.717, 1.165) is 16.7 Å². The third-order valence-corrected chi connectivity index (χ3v) is 3.33. The summed E-state index contributed by atoms with van der Waals surface area (Å²) in [5.41, 5.74) is 3.47. The van der Waals surface area contributed by atoms with E-state index in [9.17, 15) is 4.79 Å². The third-order valence-electron chi connectivity index (χ3n) is 3.33. The predicted octanol–water partition coefficient (Wildman–Crippen LogP) is 2.91. The molecule has 6 heteroatoms. The van der Waals surface area contributed by atoms with E-state index in [4.69, 9.17) is 0 Å². The predicted molar refractivity (Wildman–Crippen MR) is 88.3 cm³/mol. The number of amides is 1. The molecule has 0 bridgehead atoms. The molecule has 0 radical (unpaired) electrons. The number of carbonyl (C=O) groups is 1. The number of benzene rings is 2. The van der Waals surface area contributed by atoms with Crippen LogP contribution in [0.15, 0.2) is 60.7 Å². The second-order valence-corrected chi connectivity index (χ2v) is 5.00. The SMILES string of the molecule is C/C(=C\C(=O)Nc1ccc(-c2nn[nH]n2)cc1)c1ccccc1. The number of hydrogen-bond acceptors (Lipinski definition) is 4. The number of H-pyrrole nitrogens is 1. The summed E-state index contributed by atoms with van der Waals surface area (Å²) in [6.07, 6.45) is 1.59. The highest BCUT2D eigenvalue weighted by molar-refractivity contribution is 6.03. The zero-order chi connectivity index (χ0) is 16.1. The van der Waals surface area contributed by atoms with Gasteiger partial charge in [0.15, 0.2) is 0 Å². The molecule has 2 aromatic carbocycles. The minimum atomic E-state index is -0.168. The Morgan fingerprint density at radius 3 is 2.48 bits per heavy atom. The minimum absolute atomic E-state index is 0.168. The van der Waals surface area contributed by atoms with Gasteiger partial charge >= 0.3 is 0 Å². The number of nitrogens with zero attached hydrogens (tertiary/aromatic N) is 3. The van der Waals surface area contributed by atoms with E-state index in [1.165, 1.54) is 0 Å². The van der Waals surface area contributed by atoms with Gasteiger partial charge in [-0.2, -0.15) is 5.21 Å². The first kappa shape index (κ1) is 14.6. The van der Waals surface area contributed by atoms with Crippen LogP contribution in [0.4, 0.5) is 5.69 Å². The molecule has 0 aliphatic rings. The third kappa shape index (κ3) is 3.68. The number of carbonyl (C=O) groups excluding carboxylic acids is 1. The molecule has 0 saturated carbocycles. The van der Waals surface area contributed by atoms with Crippen molar-refractivity contribution < 1.29 is 4.79 Å². The van der Waals surface area contributed by atoms with E-state index in [-0.39, 0.29) is 5.91 Å². The summed E-state index contributed by atoms with van der Waals surface area (Å²) in [4.78, 5) is 12.1. The lowest BCUT2D eigenvalue weighted by atomic mass is 10.1. The number of anilines is 1. The number of aromatic amines is 1. The number of hydrogen-bond donors (Lipinski definition) is 2. The monoisotopic (exact) mass is 305 g/mol. The van der Waals surface area contributed by atoms with Crippen LogP contribution >= 0.6 is 0 Å². The molecule has 23 heavy (non-hydrogen) atoms. The molecule has 1 aromatic heterocycles. The van der Waals surface area contributed by atoms with E-state index in [1.54, 1.807) is 18.2 Å². The average Bonchev–Trinajstić information content (AvgIpc) is 3.11. The van der Waals surface area contributed by atoms with Crippen LogP contribution < -0.4 is 5.32 Å². The molecule has 3 aromatic rings.